The van der Waals surface area contributed by atoms with Gasteiger partial charge < -0.3 is 10.6 Å². The molecule has 2 aliphatic rings. The molecule has 3 rings (SSSR count). The van der Waals surface area contributed by atoms with Crippen LogP contribution in [0, 0.1) is 13.8 Å². The van der Waals surface area contributed by atoms with Gasteiger partial charge in [-0.1, -0.05) is 0 Å². The van der Waals surface area contributed by atoms with Crippen molar-refractivity contribution < 1.29 is 9.59 Å². The van der Waals surface area contributed by atoms with Crippen molar-refractivity contribution in [2.45, 2.75) is 45.7 Å². The zero-order valence-corrected chi connectivity index (χ0v) is 16.2. The standard InChI is InChI=1S/C18H30N6O2/c1-12-17(13(2)22(4)21-12)20-18(26)14(3)24-9-7-23(8-10-24)11-16(25)19-15-5-6-15/h14-15H,5-11H2,1-4H3,(H,19,25)(H,20,26)/t14-/m0/s1. The van der Waals surface area contributed by atoms with Crippen molar-refractivity contribution in [2.24, 2.45) is 7.05 Å². The van der Waals surface area contributed by atoms with Gasteiger partial charge in [0, 0.05) is 39.3 Å². The molecule has 2 N–H and O–H groups in total. The van der Waals surface area contributed by atoms with Crippen LogP contribution in [0.4, 0.5) is 5.69 Å². The topological polar surface area (TPSA) is 82.5 Å². The van der Waals surface area contributed by atoms with Crippen molar-refractivity contribution in [3.63, 3.8) is 0 Å². The van der Waals surface area contributed by atoms with Crippen molar-refractivity contribution in [3.05, 3.63) is 11.4 Å². The first kappa shape index (κ1) is 18.8. The molecule has 0 aromatic carbocycles. The summed E-state index contributed by atoms with van der Waals surface area (Å²) < 4.78 is 1.78. The third-order valence-corrected chi connectivity index (χ3v) is 5.40. The molecule has 1 saturated carbocycles. The minimum Gasteiger partial charge on any atom is -0.352 e. The predicted molar refractivity (Wildman–Crippen MR) is 100.0 cm³/mol. The third kappa shape index (κ3) is 4.42. The Morgan fingerprint density at radius 3 is 2.38 bits per heavy atom. The molecule has 1 aliphatic heterocycles. The highest BCUT2D eigenvalue weighted by atomic mass is 16.2. The fraction of sp³-hybridized carbons (Fsp3) is 0.722. The van der Waals surface area contributed by atoms with Crippen LogP contribution in [0.25, 0.3) is 0 Å². The number of aryl methyl sites for hydroxylation is 2. The molecule has 26 heavy (non-hydrogen) atoms. The zero-order valence-electron chi connectivity index (χ0n) is 16.2. The summed E-state index contributed by atoms with van der Waals surface area (Å²) in [6.07, 6.45) is 2.23. The quantitative estimate of drug-likeness (QED) is 0.759. The summed E-state index contributed by atoms with van der Waals surface area (Å²) in [6.45, 7) is 9.43. The maximum absolute atomic E-state index is 12.6. The molecule has 1 saturated heterocycles. The van der Waals surface area contributed by atoms with E-state index < -0.39 is 0 Å². The molecule has 8 heteroatoms. The molecule has 1 atom stereocenters. The van der Waals surface area contributed by atoms with Gasteiger partial charge in [-0.25, -0.2) is 0 Å². The van der Waals surface area contributed by atoms with Crippen molar-refractivity contribution in [1.82, 2.24) is 24.9 Å². The number of piperazine rings is 1. The van der Waals surface area contributed by atoms with Crippen LogP contribution in [0.5, 0.6) is 0 Å². The van der Waals surface area contributed by atoms with Gasteiger partial charge in [-0.3, -0.25) is 24.1 Å². The Balaban J connectivity index is 1.47. The molecule has 2 fully saturated rings. The Hall–Kier alpha value is -1.93. The van der Waals surface area contributed by atoms with Crippen LogP contribution >= 0.6 is 0 Å². The van der Waals surface area contributed by atoms with Gasteiger partial charge in [0.25, 0.3) is 0 Å². The van der Waals surface area contributed by atoms with Gasteiger partial charge in [-0.2, -0.15) is 5.10 Å². The number of nitrogens with one attached hydrogen (secondary N) is 2. The molecule has 0 bridgehead atoms. The van der Waals surface area contributed by atoms with E-state index in [1.165, 1.54) is 0 Å². The number of amides is 2. The van der Waals surface area contributed by atoms with Crippen molar-refractivity contribution in [3.8, 4) is 0 Å². The van der Waals surface area contributed by atoms with E-state index in [0.717, 1.165) is 56.1 Å². The summed E-state index contributed by atoms with van der Waals surface area (Å²) in [5, 5.41) is 10.4. The van der Waals surface area contributed by atoms with Crippen LogP contribution in [0.15, 0.2) is 0 Å². The van der Waals surface area contributed by atoms with Gasteiger partial charge in [0.2, 0.25) is 11.8 Å². The van der Waals surface area contributed by atoms with E-state index in [2.05, 4.69) is 25.5 Å². The Morgan fingerprint density at radius 2 is 1.85 bits per heavy atom. The zero-order chi connectivity index (χ0) is 18.8. The van der Waals surface area contributed by atoms with E-state index in [9.17, 15) is 9.59 Å². The summed E-state index contributed by atoms with van der Waals surface area (Å²) in [5.74, 6) is 0.110. The fourth-order valence-corrected chi connectivity index (χ4v) is 3.36. The Morgan fingerprint density at radius 1 is 1.19 bits per heavy atom. The van der Waals surface area contributed by atoms with E-state index in [0.29, 0.717) is 12.6 Å². The summed E-state index contributed by atoms with van der Waals surface area (Å²) in [6, 6.07) is 0.198. The number of nitrogens with zero attached hydrogens (tertiary/aromatic N) is 4. The van der Waals surface area contributed by atoms with E-state index >= 15 is 0 Å². The molecule has 144 valence electrons. The highest BCUT2D eigenvalue weighted by Gasteiger charge is 2.28. The van der Waals surface area contributed by atoms with Gasteiger partial charge in [0.05, 0.1) is 29.7 Å². The molecule has 1 aromatic rings. The Labute approximate surface area is 154 Å². The molecular formula is C18H30N6O2. The lowest BCUT2D eigenvalue weighted by Gasteiger charge is -2.37. The van der Waals surface area contributed by atoms with Gasteiger partial charge >= 0.3 is 0 Å². The van der Waals surface area contributed by atoms with E-state index in [-0.39, 0.29) is 17.9 Å². The predicted octanol–water partition coefficient (Wildman–Crippen LogP) is 0.260. The highest BCUT2D eigenvalue weighted by Crippen LogP contribution is 2.20. The summed E-state index contributed by atoms with van der Waals surface area (Å²) in [7, 11) is 1.88. The molecule has 1 aliphatic carbocycles. The van der Waals surface area contributed by atoms with Gasteiger partial charge in [0.15, 0.2) is 0 Å². The lowest BCUT2D eigenvalue weighted by atomic mass is 10.2. The molecule has 8 nitrogen and oxygen atoms in total. The van der Waals surface area contributed by atoms with Gasteiger partial charge in [-0.15, -0.1) is 0 Å². The summed E-state index contributed by atoms with van der Waals surface area (Å²) in [4.78, 5) is 28.9. The first-order chi connectivity index (χ1) is 12.3. The lowest BCUT2D eigenvalue weighted by molar-refractivity contribution is -0.124. The Bertz CT molecular complexity index is 673. The van der Waals surface area contributed by atoms with Crippen molar-refractivity contribution in [1.29, 1.82) is 0 Å². The largest absolute Gasteiger partial charge is 0.352 e. The second-order valence-electron chi connectivity index (χ2n) is 7.49. The minimum absolute atomic E-state index is 0.0101. The maximum Gasteiger partial charge on any atom is 0.241 e. The van der Waals surface area contributed by atoms with Crippen LogP contribution in [0.1, 0.15) is 31.2 Å². The Kier molecular flexibility index (Phi) is 5.62. The van der Waals surface area contributed by atoms with Crippen LogP contribution < -0.4 is 10.6 Å². The smallest absolute Gasteiger partial charge is 0.241 e. The molecule has 0 unspecified atom stereocenters. The number of carbonyl (C=O) groups excluding carboxylic acids is 2. The summed E-state index contributed by atoms with van der Waals surface area (Å²) in [5.41, 5.74) is 2.59. The number of carbonyl (C=O) groups is 2. The average Bonchev–Trinajstić information content (AvgIpc) is 3.38. The molecule has 1 aromatic heterocycles. The fourth-order valence-electron chi connectivity index (χ4n) is 3.36. The normalized spacial score (nSPS) is 20.0. The molecule has 2 amide bonds. The minimum atomic E-state index is -0.212. The average molecular weight is 362 g/mol. The first-order valence-corrected chi connectivity index (χ1v) is 9.42. The highest BCUT2D eigenvalue weighted by molar-refractivity contribution is 5.95. The van der Waals surface area contributed by atoms with E-state index in [1.807, 2.05) is 27.8 Å². The van der Waals surface area contributed by atoms with Gasteiger partial charge in [0.1, 0.15) is 0 Å². The van der Waals surface area contributed by atoms with Crippen molar-refractivity contribution in [2.75, 3.05) is 38.0 Å². The van der Waals surface area contributed by atoms with Crippen LogP contribution in [-0.2, 0) is 16.6 Å². The lowest BCUT2D eigenvalue weighted by Crippen LogP contribution is -2.54. The van der Waals surface area contributed by atoms with Crippen LogP contribution in [0.2, 0.25) is 0 Å². The third-order valence-electron chi connectivity index (χ3n) is 5.40. The van der Waals surface area contributed by atoms with E-state index in [1.54, 1.807) is 4.68 Å². The SMILES string of the molecule is Cc1nn(C)c(C)c1NC(=O)[C@H](C)N1CCN(CC(=O)NC2CC2)CC1. The number of rotatable bonds is 6. The maximum atomic E-state index is 12.6. The molecule has 0 spiro atoms. The van der Waals surface area contributed by atoms with Gasteiger partial charge in [-0.05, 0) is 33.6 Å². The number of aromatic nitrogens is 2. The van der Waals surface area contributed by atoms with Crippen LogP contribution in [0.3, 0.4) is 0 Å². The second kappa shape index (κ2) is 7.75. The second-order valence-corrected chi connectivity index (χ2v) is 7.49. The number of anilines is 1. The summed E-state index contributed by atoms with van der Waals surface area (Å²) >= 11 is 0. The first-order valence-electron chi connectivity index (χ1n) is 9.42. The number of hydrogen-bond donors (Lipinski definition) is 2. The van der Waals surface area contributed by atoms with Crippen LogP contribution in [-0.4, -0.2) is 76.2 Å². The number of hydrogen-bond acceptors (Lipinski definition) is 5. The molecular weight excluding hydrogens is 332 g/mol. The molecule has 2 heterocycles. The van der Waals surface area contributed by atoms with Crippen molar-refractivity contribution >= 4 is 17.5 Å². The van der Waals surface area contributed by atoms with E-state index in [4.69, 9.17) is 0 Å². The monoisotopic (exact) mass is 362 g/mol. The molecule has 0 radical (unpaired) electrons.